The molecule has 0 spiro atoms. The zero-order valence-corrected chi connectivity index (χ0v) is 11.0. The van der Waals surface area contributed by atoms with E-state index in [4.69, 9.17) is 16.3 Å². The molecule has 1 aliphatic rings. The van der Waals surface area contributed by atoms with Gasteiger partial charge in [0.2, 0.25) is 5.28 Å². The smallest absolute Gasteiger partial charge is 0.322 e. The molecule has 0 atom stereocenters. The summed E-state index contributed by atoms with van der Waals surface area (Å²) in [6.07, 6.45) is 7.84. The molecule has 0 N–H and O–H groups in total. The number of hydrogen-bond donors (Lipinski definition) is 0. The molecule has 0 unspecified atom stereocenters. The number of aromatic nitrogens is 6. The quantitative estimate of drug-likeness (QED) is 0.829. The fraction of sp³-hybridized carbons (Fsp3) is 0.545. The predicted octanol–water partition coefficient (Wildman–Crippen LogP) is 1.67. The van der Waals surface area contributed by atoms with Gasteiger partial charge in [-0.1, -0.05) is 19.3 Å². The Kier molecular flexibility index (Phi) is 3.54. The highest BCUT2D eigenvalue weighted by molar-refractivity contribution is 6.28. The maximum atomic E-state index is 5.84. The Morgan fingerprint density at radius 3 is 2.89 bits per heavy atom. The van der Waals surface area contributed by atoms with Gasteiger partial charge < -0.3 is 4.74 Å². The van der Waals surface area contributed by atoms with Crippen molar-refractivity contribution in [2.24, 2.45) is 5.92 Å². The van der Waals surface area contributed by atoms with Crippen molar-refractivity contribution in [2.75, 3.05) is 6.61 Å². The molecule has 2 heterocycles. The molecular formula is C11H13ClN6O. The zero-order chi connectivity index (χ0) is 13.1. The van der Waals surface area contributed by atoms with Gasteiger partial charge in [-0.05, 0) is 23.9 Å². The molecule has 3 rings (SSSR count). The van der Waals surface area contributed by atoms with Gasteiger partial charge in [-0.25, -0.2) is 4.98 Å². The monoisotopic (exact) mass is 280 g/mol. The third kappa shape index (κ3) is 2.98. The molecule has 7 nitrogen and oxygen atoms in total. The molecule has 0 amide bonds. The molecular weight excluding hydrogens is 268 g/mol. The minimum atomic E-state index is 0.0825. The van der Waals surface area contributed by atoms with Gasteiger partial charge in [-0.2, -0.15) is 24.7 Å². The van der Waals surface area contributed by atoms with Crippen LogP contribution in [0.1, 0.15) is 25.7 Å². The van der Waals surface area contributed by atoms with Crippen molar-refractivity contribution < 1.29 is 4.74 Å². The van der Waals surface area contributed by atoms with Crippen molar-refractivity contribution >= 4 is 11.6 Å². The average molecular weight is 281 g/mol. The van der Waals surface area contributed by atoms with Crippen LogP contribution in [-0.4, -0.2) is 36.3 Å². The molecule has 1 saturated carbocycles. The highest BCUT2D eigenvalue weighted by Gasteiger charge is 2.17. The minimum absolute atomic E-state index is 0.0825. The normalized spacial score (nSPS) is 15.2. The number of hydrogen-bond acceptors (Lipinski definition) is 6. The van der Waals surface area contributed by atoms with Crippen LogP contribution in [0.3, 0.4) is 0 Å². The maximum absolute atomic E-state index is 5.84. The Morgan fingerprint density at radius 1 is 1.32 bits per heavy atom. The summed E-state index contributed by atoms with van der Waals surface area (Å²) in [5, 5.41) is 4.02. The Bertz CT molecular complexity index is 542. The molecule has 0 saturated heterocycles. The van der Waals surface area contributed by atoms with Crippen molar-refractivity contribution in [3.05, 3.63) is 17.9 Å². The van der Waals surface area contributed by atoms with E-state index < -0.39 is 0 Å². The number of nitrogens with zero attached hydrogens (tertiary/aromatic N) is 6. The van der Waals surface area contributed by atoms with Gasteiger partial charge in [0, 0.05) is 0 Å². The summed E-state index contributed by atoms with van der Waals surface area (Å²) < 4.78 is 6.93. The van der Waals surface area contributed by atoms with E-state index in [-0.39, 0.29) is 11.3 Å². The zero-order valence-electron chi connectivity index (χ0n) is 10.2. The molecule has 1 fully saturated rings. The largest absolute Gasteiger partial charge is 0.463 e. The molecule has 0 radical (unpaired) electrons. The van der Waals surface area contributed by atoms with E-state index in [1.54, 1.807) is 0 Å². The average Bonchev–Trinajstić information content (AvgIpc) is 2.85. The van der Waals surface area contributed by atoms with Gasteiger partial charge >= 0.3 is 6.01 Å². The summed E-state index contributed by atoms with van der Waals surface area (Å²) in [4.78, 5) is 15.9. The predicted molar refractivity (Wildman–Crippen MR) is 67.2 cm³/mol. The summed E-state index contributed by atoms with van der Waals surface area (Å²) >= 11 is 5.84. The van der Waals surface area contributed by atoms with Crippen LogP contribution in [0.2, 0.25) is 5.28 Å². The summed E-state index contributed by atoms with van der Waals surface area (Å²) in [7, 11) is 0. The topological polar surface area (TPSA) is 78.6 Å². The Hall–Kier alpha value is -1.76. The van der Waals surface area contributed by atoms with E-state index in [0.717, 1.165) is 12.3 Å². The number of ether oxygens (including phenoxy) is 1. The first-order chi connectivity index (χ1) is 9.31. The molecule has 2 aromatic heterocycles. The van der Waals surface area contributed by atoms with Crippen LogP contribution in [0.25, 0.3) is 5.95 Å². The van der Waals surface area contributed by atoms with E-state index in [2.05, 4.69) is 25.0 Å². The SMILES string of the molecule is Clc1nc(OCCC2CCC2)nc(-n2cncn2)n1. The lowest BCUT2D eigenvalue weighted by Gasteiger charge is -2.24. The second-order valence-corrected chi connectivity index (χ2v) is 4.80. The molecule has 19 heavy (non-hydrogen) atoms. The van der Waals surface area contributed by atoms with Crippen molar-refractivity contribution in [3.8, 4) is 12.0 Å². The number of halogens is 1. The van der Waals surface area contributed by atoms with Gasteiger partial charge in [0.1, 0.15) is 12.7 Å². The third-order valence-electron chi connectivity index (χ3n) is 3.18. The van der Waals surface area contributed by atoms with Crippen LogP contribution in [0.15, 0.2) is 12.7 Å². The van der Waals surface area contributed by atoms with Crippen LogP contribution in [0.4, 0.5) is 0 Å². The van der Waals surface area contributed by atoms with E-state index in [1.165, 1.54) is 36.6 Å². The molecule has 1 aliphatic carbocycles. The van der Waals surface area contributed by atoms with E-state index >= 15 is 0 Å². The Labute approximate surface area is 115 Å². The van der Waals surface area contributed by atoms with Crippen molar-refractivity contribution in [3.63, 3.8) is 0 Å². The summed E-state index contributed by atoms with van der Waals surface area (Å²) in [5.74, 6) is 1.09. The van der Waals surface area contributed by atoms with Crippen LogP contribution in [-0.2, 0) is 0 Å². The second-order valence-electron chi connectivity index (χ2n) is 4.46. The lowest BCUT2D eigenvalue weighted by molar-refractivity contribution is 0.211. The van der Waals surface area contributed by atoms with Crippen molar-refractivity contribution in [1.29, 1.82) is 0 Å². The molecule has 0 bridgehead atoms. The fourth-order valence-electron chi connectivity index (χ4n) is 1.90. The Balaban J connectivity index is 1.67. The molecule has 0 aliphatic heterocycles. The summed E-state index contributed by atoms with van der Waals surface area (Å²) in [5.41, 5.74) is 0. The molecule has 0 aromatic carbocycles. The standard InChI is InChI=1S/C11H13ClN6O/c12-9-15-10(18-7-13-6-14-18)17-11(16-9)19-5-4-8-2-1-3-8/h6-8H,1-5H2. The number of rotatable bonds is 5. The van der Waals surface area contributed by atoms with Crippen LogP contribution >= 0.6 is 11.6 Å². The van der Waals surface area contributed by atoms with Gasteiger partial charge in [0.05, 0.1) is 6.61 Å². The fourth-order valence-corrected chi connectivity index (χ4v) is 2.05. The van der Waals surface area contributed by atoms with Gasteiger partial charge in [0.25, 0.3) is 5.95 Å². The summed E-state index contributed by atoms with van der Waals surface area (Å²) in [6, 6.07) is 0.227. The maximum Gasteiger partial charge on any atom is 0.322 e. The van der Waals surface area contributed by atoms with Gasteiger partial charge in [-0.15, -0.1) is 0 Å². The first kappa shape index (κ1) is 12.3. The lowest BCUT2D eigenvalue weighted by Crippen LogP contribution is -2.15. The van der Waals surface area contributed by atoms with Crippen molar-refractivity contribution in [1.82, 2.24) is 29.7 Å². The molecule has 100 valence electrons. The van der Waals surface area contributed by atoms with Crippen LogP contribution in [0, 0.1) is 5.92 Å². The third-order valence-corrected chi connectivity index (χ3v) is 3.35. The Morgan fingerprint density at radius 2 is 2.21 bits per heavy atom. The lowest BCUT2D eigenvalue weighted by atomic mass is 9.83. The highest BCUT2D eigenvalue weighted by atomic mass is 35.5. The van der Waals surface area contributed by atoms with Gasteiger partial charge in [-0.3, -0.25) is 0 Å². The van der Waals surface area contributed by atoms with E-state index in [0.29, 0.717) is 12.6 Å². The van der Waals surface area contributed by atoms with Gasteiger partial charge in [0.15, 0.2) is 0 Å². The molecule has 2 aromatic rings. The second kappa shape index (κ2) is 5.48. The highest BCUT2D eigenvalue weighted by Crippen LogP contribution is 2.29. The van der Waals surface area contributed by atoms with E-state index in [9.17, 15) is 0 Å². The summed E-state index contributed by atoms with van der Waals surface area (Å²) in [6.45, 7) is 0.599. The van der Waals surface area contributed by atoms with Crippen molar-refractivity contribution in [2.45, 2.75) is 25.7 Å². The van der Waals surface area contributed by atoms with Crippen LogP contribution in [0.5, 0.6) is 6.01 Å². The van der Waals surface area contributed by atoms with Crippen LogP contribution < -0.4 is 4.74 Å². The first-order valence-electron chi connectivity index (χ1n) is 6.20. The minimum Gasteiger partial charge on any atom is -0.463 e. The van der Waals surface area contributed by atoms with E-state index in [1.807, 2.05) is 0 Å². The molecule has 8 heteroatoms. The first-order valence-corrected chi connectivity index (χ1v) is 6.58.